The van der Waals surface area contributed by atoms with Crippen molar-refractivity contribution in [1.82, 2.24) is 14.6 Å². The Labute approximate surface area is 198 Å². The molecule has 2 aromatic heterocycles. The van der Waals surface area contributed by atoms with Gasteiger partial charge in [0.2, 0.25) is 0 Å². The first-order valence-electron chi connectivity index (χ1n) is 9.38. The lowest BCUT2D eigenvalue weighted by Crippen LogP contribution is -2.25. The van der Waals surface area contributed by atoms with E-state index in [4.69, 9.17) is 9.15 Å². The van der Waals surface area contributed by atoms with Gasteiger partial charge in [-0.15, -0.1) is 0 Å². The molecule has 3 aromatic rings. The Morgan fingerprint density at radius 2 is 2.03 bits per heavy atom. The molecular weight excluding hydrogens is 526 g/mol. The number of amides is 1. The summed E-state index contributed by atoms with van der Waals surface area (Å²) in [6.07, 6.45) is 0.312. The zero-order chi connectivity index (χ0) is 24.3. The van der Waals surface area contributed by atoms with Crippen molar-refractivity contribution >= 4 is 50.0 Å². The molecule has 0 bridgehead atoms. The lowest BCUT2D eigenvalue weighted by molar-refractivity contribution is 0.170. The van der Waals surface area contributed by atoms with Crippen molar-refractivity contribution in [3.8, 4) is 5.75 Å². The predicted octanol–water partition coefficient (Wildman–Crippen LogP) is 3.22. The topological polar surface area (TPSA) is 114 Å². The van der Waals surface area contributed by atoms with E-state index in [1.54, 1.807) is 0 Å². The number of anilines is 1. The molecule has 0 aliphatic carbocycles. The van der Waals surface area contributed by atoms with E-state index in [1.807, 2.05) is 0 Å². The molecule has 33 heavy (non-hydrogen) atoms. The molecule has 0 radical (unpaired) electrons. The van der Waals surface area contributed by atoms with E-state index < -0.39 is 40.3 Å². The quantitative estimate of drug-likeness (QED) is 0.348. The molecule has 1 aromatic carbocycles. The summed E-state index contributed by atoms with van der Waals surface area (Å²) in [5.41, 5.74) is -0.190. The van der Waals surface area contributed by atoms with Crippen molar-refractivity contribution in [3.63, 3.8) is 0 Å². The lowest BCUT2D eigenvalue weighted by Gasteiger charge is -2.14. The number of aromatic nitrogens is 1. The van der Waals surface area contributed by atoms with E-state index in [-0.39, 0.29) is 39.7 Å². The van der Waals surface area contributed by atoms with Crippen LogP contribution in [0.2, 0.25) is 0 Å². The van der Waals surface area contributed by atoms with E-state index in [1.165, 1.54) is 33.4 Å². The van der Waals surface area contributed by atoms with Crippen LogP contribution in [0.4, 0.5) is 19.4 Å². The van der Waals surface area contributed by atoms with Gasteiger partial charge in [-0.1, -0.05) is 15.9 Å². The molecule has 2 N–H and O–H groups in total. The molecule has 176 valence electrons. The van der Waals surface area contributed by atoms with Gasteiger partial charge < -0.3 is 14.1 Å². The van der Waals surface area contributed by atoms with Crippen molar-refractivity contribution in [3.05, 3.63) is 63.1 Å². The Hall–Kier alpha value is -2.90. The number of rotatable bonds is 7. The van der Waals surface area contributed by atoms with E-state index >= 15 is 0 Å². The third-order valence-electron chi connectivity index (χ3n) is 4.58. The first kappa shape index (κ1) is 24.7. The fourth-order valence-corrected chi connectivity index (χ4v) is 3.98. The summed E-state index contributed by atoms with van der Waals surface area (Å²) >= 11 is 1.54. The summed E-state index contributed by atoms with van der Waals surface area (Å²) in [5, 5.41) is 0.398. The smallest absolute Gasteiger partial charge is 0.414 e. The van der Waals surface area contributed by atoms with Crippen LogP contribution in [0, 0.1) is 11.6 Å². The van der Waals surface area contributed by atoms with Crippen molar-refractivity contribution < 1.29 is 26.9 Å². The standard InChI is InChI=1S/C20H19BrF2N4O5S/c1-24-33(30)26-18-17(23)10(4-5-25-18)6-12-13(9-21)11-7-14(22)16(32-20(29)27(2)3)8-15(11)31-19(12)28/h4-5,7-8,24H,6,9H2,1-3H3,(H,25,26). The van der Waals surface area contributed by atoms with Crippen LogP contribution in [0.25, 0.3) is 11.0 Å². The highest BCUT2D eigenvalue weighted by Crippen LogP contribution is 2.30. The molecule has 9 nitrogen and oxygen atoms in total. The van der Waals surface area contributed by atoms with Gasteiger partial charge in [-0.2, -0.15) is 0 Å². The Kier molecular flexibility index (Phi) is 7.76. The molecule has 1 unspecified atom stereocenters. The number of fused-ring (bicyclic) bond motifs is 1. The van der Waals surface area contributed by atoms with Crippen LogP contribution >= 0.6 is 15.9 Å². The lowest BCUT2D eigenvalue weighted by atomic mass is 9.99. The summed E-state index contributed by atoms with van der Waals surface area (Å²) in [5.74, 6) is -2.29. The van der Waals surface area contributed by atoms with Crippen LogP contribution in [0.1, 0.15) is 16.7 Å². The minimum absolute atomic E-state index is 0.00290. The third-order valence-corrected chi connectivity index (χ3v) is 5.89. The van der Waals surface area contributed by atoms with E-state index in [0.717, 1.165) is 17.0 Å². The Morgan fingerprint density at radius 1 is 1.30 bits per heavy atom. The second-order valence-corrected chi connectivity index (χ2v) is 8.62. The molecule has 0 saturated carbocycles. The third kappa shape index (κ3) is 5.37. The number of carbonyl (C=O) groups excluding carboxylic acids is 1. The fraction of sp³-hybridized carbons (Fsp3) is 0.250. The second-order valence-electron chi connectivity index (χ2n) is 6.91. The van der Waals surface area contributed by atoms with Gasteiger partial charge >= 0.3 is 11.7 Å². The van der Waals surface area contributed by atoms with Crippen molar-refractivity contribution in [2.24, 2.45) is 0 Å². The summed E-state index contributed by atoms with van der Waals surface area (Å²) < 4.78 is 56.2. The van der Waals surface area contributed by atoms with Crippen molar-refractivity contribution in [1.29, 1.82) is 0 Å². The minimum Gasteiger partial charge on any atom is -0.422 e. The average Bonchev–Trinajstić information content (AvgIpc) is 2.77. The predicted molar refractivity (Wildman–Crippen MR) is 123 cm³/mol. The zero-order valence-electron chi connectivity index (χ0n) is 17.7. The SMILES string of the molecule is CNS(=O)Nc1nccc(Cc2c(CBr)c3cc(F)c(OC(=O)N(C)C)cc3oc2=O)c1F. The molecule has 1 atom stereocenters. The van der Waals surface area contributed by atoms with Gasteiger partial charge in [0.25, 0.3) is 0 Å². The summed E-state index contributed by atoms with van der Waals surface area (Å²) in [4.78, 5) is 29.4. The summed E-state index contributed by atoms with van der Waals surface area (Å²) in [6, 6.07) is 3.57. The number of carbonyl (C=O) groups is 1. The van der Waals surface area contributed by atoms with E-state index in [9.17, 15) is 22.6 Å². The minimum atomic E-state index is -1.76. The van der Waals surface area contributed by atoms with Gasteiger partial charge in [0.05, 0.1) is 0 Å². The maximum Gasteiger partial charge on any atom is 0.414 e. The molecule has 0 spiro atoms. The number of alkyl halides is 1. The van der Waals surface area contributed by atoms with Gasteiger partial charge in [-0.05, 0) is 30.3 Å². The van der Waals surface area contributed by atoms with E-state index in [2.05, 4.69) is 30.4 Å². The van der Waals surface area contributed by atoms with E-state index in [0.29, 0.717) is 5.56 Å². The molecule has 13 heteroatoms. The molecule has 0 fully saturated rings. The number of hydrogen-bond acceptors (Lipinski definition) is 6. The van der Waals surface area contributed by atoms with Gasteiger partial charge in [-0.3, -0.25) is 4.72 Å². The number of hydrogen-bond donors (Lipinski definition) is 2. The van der Waals surface area contributed by atoms with Crippen LogP contribution in [-0.4, -0.2) is 41.3 Å². The maximum absolute atomic E-state index is 14.9. The second kappa shape index (κ2) is 10.4. The van der Waals surface area contributed by atoms with Crippen molar-refractivity contribution in [2.75, 3.05) is 25.9 Å². The number of nitrogens with one attached hydrogen (secondary N) is 2. The van der Waals surface area contributed by atoms with Gasteiger partial charge in [-0.25, -0.2) is 32.3 Å². The molecule has 2 heterocycles. The maximum atomic E-state index is 14.9. The van der Waals surface area contributed by atoms with Crippen LogP contribution < -0.4 is 19.8 Å². The number of ether oxygens (including phenoxy) is 1. The Morgan fingerprint density at radius 3 is 2.67 bits per heavy atom. The fourth-order valence-electron chi connectivity index (χ4n) is 2.92. The zero-order valence-corrected chi connectivity index (χ0v) is 20.1. The highest BCUT2D eigenvalue weighted by atomic mass is 79.9. The van der Waals surface area contributed by atoms with Crippen LogP contribution in [-0.2, 0) is 22.9 Å². The molecule has 3 rings (SSSR count). The first-order chi connectivity index (χ1) is 15.7. The monoisotopic (exact) mass is 544 g/mol. The molecule has 1 amide bonds. The highest BCUT2D eigenvalue weighted by molar-refractivity contribution is 9.08. The number of nitrogens with zero attached hydrogens (tertiary/aromatic N) is 2. The molecule has 0 saturated heterocycles. The number of benzene rings is 1. The molecule has 0 aliphatic rings. The average molecular weight is 545 g/mol. The highest BCUT2D eigenvalue weighted by Gasteiger charge is 2.21. The largest absolute Gasteiger partial charge is 0.422 e. The van der Waals surface area contributed by atoms with Crippen LogP contribution in [0.3, 0.4) is 0 Å². The van der Waals surface area contributed by atoms with Gasteiger partial charge in [0.15, 0.2) is 34.4 Å². The normalized spacial score (nSPS) is 11.9. The summed E-state index contributed by atoms with van der Waals surface area (Å²) in [6.45, 7) is 0. The number of pyridine rings is 1. The van der Waals surface area contributed by atoms with Crippen LogP contribution in [0.5, 0.6) is 5.75 Å². The molecule has 0 aliphatic heterocycles. The van der Waals surface area contributed by atoms with Gasteiger partial charge in [0.1, 0.15) is 5.58 Å². The van der Waals surface area contributed by atoms with Gasteiger partial charge in [0, 0.05) is 49.1 Å². The Balaban J connectivity index is 2.07. The molecular formula is C20H19BrF2N4O5S. The van der Waals surface area contributed by atoms with Crippen LogP contribution in [0.15, 0.2) is 33.6 Å². The first-order valence-corrected chi connectivity index (χ1v) is 11.7. The van der Waals surface area contributed by atoms with Crippen molar-refractivity contribution in [2.45, 2.75) is 11.8 Å². The summed E-state index contributed by atoms with van der Waals surface area (Å²) in [7, 11) is 4.29. The number of halogens is 3. The Bertz CT molecular complexity index is 1300.